The molecule has 5 heterocycles. The molecule has 7 aliphatic rings. The summed E-state index contributed by atoms with van der Waals surface area (Å²) in [7, 11) is 0. The molecular weight excluding hydrogens is 726 g/mol. The van der Waals surface area contributed by atoms with E-state index >= 15 is 0 Å². The molecule has 3 N–H and O–H groups in total. The average Bonchev–Trinajstić information content (AvgIpc) is 3.48. The Hall–Kier alpha value is -0.880. The minimum atomic E-state index is -4.81. The fourth-order valence-electron chi connectivity index (χ4n) is 9.58. The highest BCUT2D eigenvalue weighted by Gasteiger charge is 2.68. The first-order chi connectivity index (χ1) is 24.2. The number of fused-ring (bicyclic) bond motifs is 3. The van der Waals surface area contributed by atoms with E-state index in [0.717, 1.165) is 32.1 Å². The van der Waals surface area contributed by atoms with Gasteiger partial charge < -0.3 is 19.3 Å². The summed E-state index contributed by atoms with van der Waals surface area (Å²) in [5, 5.41) is 22.4. The molecule has 0 aromatic carbocycles. The summed E-state index contributed by atoms with van der Waals surface area (Å²) in [5.74, 6) is -1.18. The summed E-state index contributed by atoms with van der Waals surface area (Å²) in [6.45, 7) is 6.69. The lowest BCUT2D eigenvalue weighted by Gasteiger charge is -2.56. The zero-order valence-corrected chi connectivity index (χ0v) is 31.0. The number of aliphatic hydroxyl groups excluding tert-OH is 1. The fourth-order valence-corrected chi connectivity index (χ4v) is 11.8. The summed E-state index contributed by atoms with van der Waals surface area (Å²) < 4.78 is 102. The zero-order valence-electron chi connectivity index (χ0n) is 29.3. The third-order valence-corrected chi connectivity index (χ3v) is 14.3. The third kappa shape index (κ3) is 8.83. The largest absolute Gasteiger partial charge is 0.504 e. The Balaban J connectivity index is 0.00000248. The van der Waals surface area contributed by atoms with Crippen molar-refractivity contribution in [1.29, 1.82) is 0 Å². The maximum atomic E-state index is 14.4. The van der Waals surface area contributed by atoms with Crippen LogP contribution in [-0.2, 0) is 24.0 Å². The number of rotatable bonds is 10. The van der Waals surface area contributed by atoms with Crippen molar-refractivity contribution in [3.8, 4) is 0 Å². The number of alkyl halides is 6. The number of hydrogen-bond acceptors (Lipinski definition) is 10. The van der Waals surface area contributed by atoms with E-state index in [2.05, 4.69) is 13.8 Å². The zero-order chi connectivity index (χ0) is 37.1. The first-order valence-corrected chi connectivity index (χ1v) is 20.5. The van der Waals surface area contributed by atoms with Crippen LogP contribution in [0.2, 0.25) is 0 Å². The molecule has 16 heteroatoms. The van der Waals surface area contributed by atoms with Crippen LogP contribution in [0.25, 0.3) is 0 Å². The lowest BCUT2D eigenvalue weighted by Crippen LogP contribution is -2.66. The Kier molecular flexibility index (Phi) is 14.0. The molecular formula is C35H52F6O8S2. The molecule has 0 aromatic heterocycles. The van der Waals surface area contributed by atoms with Crippen LogP contribution in [0.5, 0.6) is 0 Å². The minimum absolute atomic E-state index is 0.0483. The predicted octanol–water partition coefficient (Wildman–Crippen LogP) is 9.77. The molecule has 7 rings (SSSR count). The third-order valence-electron chi connectivity index (χ3n) is 12.1. The highest BCUT2D eigenvalue weighted by molar-refractivity contribution is 7.99. The highest BCUT2D eigenvalue weighted by atomic mass is 32.2. The van der Waals surface area contributed by atoms with Crippen LogP contribution < -0.4 is 0 Å². The van der Waals surface area contributed by atoms with Crippen molar-refractivity contribution in [1.82, 2.24) is 0 Å². The van der Waals surface area contributed by atoms with Crippen LogP contribution in [0.1, 0.15) is 85.0 Å². The molecule has 8 nitrogen and oxygen atoms in total. The van der Waals surface area contributed by atoms with E-state index in [-0.39, 0.29) is 58.3 Å². The molecule has 0 radical (unpaired) electrons. The van der Waals surface area contributed by atoms with E-state index in [0.29, 0.717) is 56.1 Å². The van der Waals surface area contributed by atoms with Crippen LogP contribution in [0, 0.1) is 41.4 Å². The molecule has 3 unspecified atom stereocenters. The van der Waals surface area contributed by atoms with Crippen LogP contribution in [0.15, 0.2) is 22.7 Å². The lowest BCUT2D eigenvalue weighted by molar-refractivity contribution is -0.528. The second-order valence-corrected chi connectivity index (χ2v) is 17.3. The predicted molar refractivity (Wildman–Crippen MR) is 181 cm³/mol. The number of ether oxygens (including phenoxy) is 3. The maximum absolute atomic E-state index is 14.4. The molecule has 1 spiro atoms. The second kappa shape index (κ2) is 17.3. The van der Waals surface area contributed by atoms with Gasteiger partial charge in [0.05, 0.1) is 12.7 Å². The topological polar surface area (TPSA) is 107 Å². The van der Waals surface area contributed by atoms with Gasteiger partial charge in [0, 0.05) is 29.8 Å². The number of allylic oxidation sites excluding steroid dienone is 2. The Bertz CT molecular complexity index is 1230. The normalized spacial score (nSPS) is 38.6. The van der Waals surface area contributed by atoms with Crippen molar-refractivity contribution in [2.75, 3.05) is 29.6 Å². The monoisotopic (exact) mass is 778 g/mol. The van der Waals surface area contributed by atoms with Crippen LogP contribution in [0.4, 0.5) is 26.3 Å². The standard InChI is InChI=1S/C35H50F6O6S2.H2O2/c1-19-6-9-23(24-16-43-21(3)8-10-22(19)24)25(30(42)34(36,37)38)17-48-14-4-5-15-49-18-26-28-11-7-20(2)27-12-13-29-44-32(33(27,28)47-46-29)45-31(26)35(39,40)41;1-2/h19-24,27-29,32,42H,4-18H2,1-3H3;1-2H/b30-25-;/t19-,20-,21+,22?,23-,24?,27?,28+,29-,32+,33-;/m1./s1. The first-order valence-electron chi connectivity index (χ1n) is 18.1. The van der Waals surface area contributed by atoms with Gasteiger partial charge in [0.25, 0.3) is 0 Å². The summed E-state index contributed by atoms with van der Waals surface area (Å²) in [6, 6.07) is 0. The van der Waals surface area contributed by atoms with Crippen LogP contribution in [-0.4, -0.2) is 81.9 Å². The molecule has 2 saturated carbocycles. The lowest BCUT2D eigenvalue weighted by atomic mass is 9.59. The summed E-state index contributed by atoms with van der Waals surface area (Å²) >= 11 is 2.78. The molecule has 0 amide bonds. The van der Waals surface area contributed by atoms with Crippen molar-refractivity contribution in [3.05, 3.63) is 22.7 Å². The number of hydrogen-bond donors (Lipinski definition) is 3. The van der Waals surface area contributed by atoms with E-state index < -0.39 is 48.0 Å². The van der Waals surface area contributed by atoms with Gasteiger partial charge in [0.1, 0.15) is 0 Å². The molecule has 6 fully saturated rings. The smallest absolute Gasteiger partial charge is 0.449 e. The van der Waals surface area contributed by atoms with Gasteiger partial charge in [-0.25, -0.2) is 9.78 Å². The van der Waals surface area contributed by atoms with E-state index in [4.69, 9.17) is 34.5 Å². The summed E-state index contributed by atoms with van der Waals surface area (Å²) in [5.41, 5.74) is -0.838. The quantitative estimate of drug-likeness (QED) is 0.0653. The first kappa shape index (κ1) is 41.3. The Morgan fingerprint density at radius 1 is 0.843 bits per heavy atom. The molecule has 0 aromatic rings. The van der Waals surface area contributed by atoms with Crippen LogP contribution in [0.3, 0.4) is 0 Å². The highest BCUT2D eigenvalue weighted by Crippen LogP contribution is 2.60. The van der Waals surface area contributed by atoms with Gasteiger partial charge >= 0.3 is 12.4 Å². The molecule has 2 bridgehead atoms. The molecule has 294 valence electrons. The molecule has 4 saturated heterocycles. The maximum Gasteiger partial charge on any atom is 0.449 e. The Morgan fingerprint density at radius 3 is 2.25 bits per heavy atom. The van der Waals surface area contributed by atoms with Gasteiger partial charge in [-0.05, 0) is 117 Å². The molecule has 11 atom stereocenters. The van der Waals surface area contributed by atoms with Gasteiger partial charge in [0.15, 0.2) is 17.7 Å². The van der Waals surface area contributed by atoms with E-state index in [1.54, 1.807) is 0 Å². The van der Waals surface area contributed by atoms with Crippen molar-refractivity contribution < 1.29 is 65.9 Å². The number of halogens is 6. The van der Waals surface area contributed by atoms with Crippen molar-refractivity contribution in [2.45, 2.75) is 122 Å². The Labute approximate surface area is 304 Å². The second-order valence-electron chi connectivity index (χ2n) is 15.1. The number of aliphatic hydroxyl groups is 1. The van der Waals surface area contributed by atoms with Crippen molar-refractivity contribution in [3.63, 3.8) is 0 Å². The fraction of sp³-hybridized carbons (Fsp3) is 0.886. The Morgan fingerprint density at radius 2 is 1.55 bits per heavy atom. The number of thioether (sulfide) groups is 2. The average molecular weight is 779 g/mol. The van der Waals surface area contributed by atoms with Gasteiger partial charge in [-0.15, -0.1) is 0 Å². The van der Waals surface area contributed by atoms with Crippen molar-refractivity contribution >= 4 is 23.5 Å². The molecule has 2 aliphatic carbocycles. The van der Waals surface area contributed by atoms with E-state index in [9.17, 15) is 31.4 Å². The number of unbranched alkanes of at least 4 members (excludes halogenated alkanes) is 1. The molecule has 5 aliphatic heterocycles. The molecule has 51 heavy (non-hydrogen) atoms. The summed E-state index contributed by atoms with van der Waals surface area (Å²) in [6.07, 6.45) is -4.18. The van der Waals surface area contributed by atoms with Crippen molar-refractivity contribution in [2.24, 2.45) is 41.4 Å². The summed E-state index contributed by atoms with van der Waals surface area (Å²) in [4.78, 5) is 11.5. The SMILES string of the molecule is C[C@@H]1CC[C@@H](/C(CSCCCCSCC2=C(C(F)(F)F)O[C@@H]3O[C@H]4CCC5[C@H](C)CC[C@@H]2[C@]53OO4)=C(\O)C(F)(F)F)C2CO[C@@H](C)CCC21.OO. The van der Waals surface area contributed by atoms with E-state index in [1.807, 2.05) is 6.92 Å². The van der Waals surface area contributed by atoms with Gasteiger partial charge in [-0.3, -0.25) is 10.5 Å². The van der Waals surface area contributed by atoms with Crippen LogP contribution >= 0.6 is 23.5 Å². The van der Waals surface area contributed by atoms with Gasteiger partial charge in [-0.2, -0.15) is 49.9 Å². The minimum Gasteiger partial charge on any atom is -0.504 e. The van der Waals surface area contributed by atoms with Gasteiger partial charge in [-0.1, -0.05) is 13.8 Å². The van der Waals surface area contributed by atoms with E-state index in [1.165, 1.54) is 23.5 Å². The van der Waals surface area contributed by atoms with Gasteiger partial charge in [0.2, 0.25) is 12.0 Å².